The van der Waals surface area contributed by atoms with Gasteiger partial charge in [0, 0.05) is 18.3 Å². The van der Waals surface area contributed by atoms with E-state index in [4.69, 9.17) is 0 Å². The molecule has 9 heteroatoms. The molecule has 0 radical (unpaired) electrons. The number of thiazole rings is 1. The van der Waals surface area contributed by atoms with Crippen molar-refractivity contribution in [2.75, 3.05) is 11.9 Å². The van der Waals surface area contributed by atoms with Crippen LogP contribution >= 0.6 is 11.3 Å². The minimum absolute atomic E-state index is 0.0189. The second-order valence-electron chi connectivity index (χ2n) is 5.89. The molecule has 0 aliphatic heterocycles. The van der Waals surface area contributed by atoms with Gasteiger partial charge in [0.1, 0.15) is 0 Å². The second-order valence-corrected chi connectivity index (χ2v) is 6.92. The lowest BCUT2D eigenvalue weighted by molar-refractivity contribution is -0.127. The molecule has 136 valence electrons. The van der Waals surface area contributed by atoms with Gasteiger partial charge in [-0.05, 0) is 26.0 Å². The van der Waals surface area contributed by atoms with E-state index in [0.717, 1.165) is 27.2 Å². The predicted molar refractivity (Wildman–Crippen MR) is 101 cm³/mol. The normalized spacial score (nSPS) is 10.7. The number of carbonyl (C=O) groups is 2. The lowest BCUT2D eigenvalue weighted by Crippen LogP contribution is -2.44. The molecule has 0 saturated heterocycles. The average Bonchev–Trinajstić information content (AvgIpc) is 3.14. The van der Waals surface area contributed by atoms with E-state index < -0.39 is 0 Å². The van der Waals surface area contributed by atoms with Crippen molar-refractivity contribution >= 4 is 38.5 Å². The van der Waals surface area contributed by atoms with Gasteiger partial charge in [-0.1, -0.05) is 23.5 Å². The molecule has 1 aromatic carbocycles. The summed E-state index contributed by atoms with van der Waals surface area (Å²) in [5.41, 5.74) is 8.32. The number of hydrazine groups is 1. The van der Waals surface area contributed by atoms with Crippen LogP contribution in [0.2, 0.25) is 0 Å². The fraction of sp³-hybridized carbons (Fsp3) is 0.294. The number of benzene rings is 1. The number of aromatic nitrogens is 3. The Morgan fingerprint density at radius 3 is 2.58 bits per heavy atom. The predicted octanol–water partition coefficient (Wildman–Crippen LogP) is 1.45. The van der Waals surface area contributed by atoms with E-state index in [9.17, 15) is 9.59 Å². The number of aryl methyl sites for hydroxylation is 2. The minimum Gasteiger partial charge on any atom is -0.352 e. The topological polar surface area (TPSA) is 101 Å². The summed E-state index contributed by atoms with van der Waals surface area (Å²) in [5, 5.41) is 7.89. The Balaban J connectivity index is 1.47. The van der Waals surface area contributed by atoms with Crippen molar-refractivity contribution in [3.8, 4) is 0 Å². The van der Waals surface area contributed by atoms with Crippen LogP contribution in [0.5, 0.6) is 0 Å². The summed E-state index contributed by atoms with van der Waals surface area (Å²) in [7, 11) is 1.83. The number of para-hydroxylation sites is 1. The highest BCUT2D eigenvalue weighted by molar-refractivity contribution is 7.22. The number of fused-ring (bicyclic) bond motifs is 1. The fourth-order valence-electron chi connectivity index (χ4n) is 2.57. The molecule has 8 nitrogen and oxygen atoms in total. The highest BCUT2D eigenvalue weighted by atomic mass is 32.1. The van der Waals surface area contributed by atoms with Gasteiger partial charge in [-0.3, -0.25) is 25.1 Å². The van der Waals surface area contributed by atoms with Crippen LogP contribution < -0.4 is 16.2 Å². The van der Waals surface area contributed by atoms with Gasteiger partial charge in [-0.25, -0.2) is 4.98 Å². The van der Waals surface area contributed by atoms with Gasteiger partial charge in [0.05, 0.1) is 28.9 Å². The van der Waals surface area contributed by atoms with Gasteiger partial charge < -0.3 is 5.32 Å². The van der Waals surface area contributed by atoms with E-state index in [1.165, 1.54) is 11.3 Å². The Morgan fingerprint density at radius 2 is 1.88 bits per heavy atom. The van der Waals surface area contributed by atoms with E-state index in [2.05, 4.69) is 26.3 Å². The first-order valence-corrected chi connectivity index (χ1v) is 8.92. The van der Waals surface area contributed by atoms with Crippen LogP contribution in [0.4, 0.5) is 5.13 Å². The number of hydrogen-bond donors (Lipinski definition) is 3. The maximum absolute atomic E-state index is 12.0. The summed E-state index contributed by atoms with van der Waals surface area (Å²) in [6, 6.07) is 7.75. The number of carbonyl (C=O) groups excluding carboxylic acids is 2. The smallest absolute Gasteiger partial charge is 0.257 e. The molecule has 0 unspecified atom stereocenters. The van der Waals surface area contributed by atoms with Gasteiger partial charge >= 0.3 is 0 Å². The Bertz CT molecular complexity index is 928. The fourth-order valence-corrected chi connectivity index (χ4v) is 3.43. The quantitative estimate of drug-likeness (QED) is 0.589. The van der Waals surface area contributed by atoms with E-state index in [1.54, 1.807) is 4.68 Å². The van der Waals surface area contributed by atoms with E-state index in [-0.39, 0.29) is 24.8 Å². The van der Waals surface area contributed by atoms with Gasteiger partial charge in [0.15, 0.2) is 5.13 Å². The molecular formula is C17H20N6O2S. The van der Waals surface area contributed by atoms with Crippen LogP contribution in [0.3, 0.4) is 0 Å². The number of rotatable bonds is 5. The third-order valence-corrected chi connectivity index (χ3v) is 5.03. The van der Waals surface area contributed by atoms with E-state index in [0.29, 0.717) is 5.13 Å². The lowest BCUT2D eigenvalue weighted by Gasteiger charge is -2.08. The molecule has 0 aliphatic rings. The molecule has 3 aromatic rings. The molecule has 0 spiro atoms. The Hall–Kier alpha value is -2.94. The zero-order valence-corrected chi connectivity index (χ0v) is 15.6. The second kappa shape index (κ2) is 7.52. The van der Waals surface area contributed by atoms with Gasteiger partial charge in [0.25, 0.3) is 5.91 Å². The first kappa shape index (κ1) is 17.9. The summed E-state index contributed by atoms with van der Waals surface area (Å²) in [6.07, 6.45) is 0.164. The molecule has 3 N–H and O–H groups in total. The maximum Gasteiger partial charge on any atom is 0.257 e. The molecule has 0 saturated carbocycles. The molecular weight excluding hydrogens is 352 g/mol. The van der Waals surface area contributed by atoms with Crippen LogP contribution in [-0.4, -0.2) is 33.1 Å². The average molecular weight is 372 g/mol. The van der Waals surface area contributed by atoms with E-state index in [1.807, 2.05) is 45.2 Å². The Morgan fingerprint density at radius 1 is 1.15 bits per heavy atom. The van der Waals surface area contributed by atoms with Crippen LogP contribution in [0, 0.1) is 13.8 Å². The highest BCUT2D eigenvalue weighted by Crippen LogP contribution is 2.24. The Kier molecular flexibility index (Phi) is 5.17. The summed E-state index contributed by atoms with van der Waals surface area (Å²) < 4.78 is 2.78. The molecule has 2 heterocycles. The molecule has 2 aromatic heterocycles. The monoisotopic (exact) mass is 372 g/mol. The van der Waals surface area contributed by atoms with Crippen LogP contribution in [0.15, 0.2) is 24.3 Å². The zero-order valence-electron chi connectivity index (χ0n) is 14.8. The number of amides is 2. The number of anilines is 1. The van der Waals surface area contributed by atoms with Crippen LogP contribution in [0.25, 0.3) is 10.2 Å². The summed E-state index contributed by atoms with van der Waals surface area (Å²) in [6.45, 7) is 3.78. The zero-order chi connectivity index (χ0) is 18.7. The van der Waals surface area contributed by atoms with Crippen molar-refractivity contribution in [2.24, 2.45) is 7.05 Å². The highest BCUT2D eigenvalue weighted by Gasteiger charge is 2.14. The standard InChI is InChI=1S/C17H20N6O2S/c1-10-12(11(2)23(3)22-10)8-15(24)20-21-16(25)9-18-17-19-13-6-4-5-7-14(13)26-17/h4-7H,8-9H2,1-3H3,(H,18,19)(H,20,24)(H,21,25). The molecule has 2 amide bonds. The first-order valence-electron chi connectivity index (χ1n) is 8.10. The third-order valence-electron chi connectivity index (χ3n) is 4.03. The number of nitrogens with zero attached hydrogens (tertiary/aromatic N) is 3. The summed E-state index contributed by atoms with van der Waals surface area (Å²) in [5.74, 6) is -0.644. The molecule has 26 heavy (non-hydrogen) atoms. The molecule has 0 atom stereocenters. The molecule has 3 rings (SSSR count). The number of nitrogens with one attached hydrogen (secondary N) is 3. The van der Waals surface area contributed by atoms with Crippen molar-refractivity contribution in [1.29, 1.82) is 0 Å². The van der Waals surface area contributed by atoms with Crippen molar-refractivity contribution in [3.63, 3.8) is 0 Å². The van der Waals surface area contributed by atoms with Crippen LogP contribution in [-0.2, 0) is 23.1 Å². The van der Waals surface area contributed by atoms with Gasteiger partial charge in [-0.2, -0.15) is 5.10 Å². The van der Waals surface area contributed by atoms with Gasteiger partial charge in [-0.15, -0.1) is 0 Å². The SMILES string of the molecule is Cc1nn(C)c(C)c1CC(=O)NNC(=O)CNc1nc2ccccc2s1. The van der Waals surface area contributed by atoms with Gasteiger partial charge in [0.2, 0.25) is 5.91 Å². The summed E-state index contributed by atoms with van der Waals surface area (Å²) in [4.78, 5) is 28.3. The van der Waals surface area contributed by atoms with Crippen molar-refractivity contribution in [2.45, 2.75) is 20.3 Å². The maximum atomic E-state index is 12.0. The molecule has 0 aliphatic carbocycles. The number of hydrogen-bond acceptors (Lipinski definition) is 6. The lowest BCUT2D eigenvalue weighted by atomic mass is 10.1. The van der Waals surface area contributed by atoms with Crippen molar-refractivity contribution < 1.29 is 9.59 Å². The molecule has 0 bridgehead atoms. The van der Waals surface area contributed by atoms with E-state index >= 15 is 0 Å². The largest absolute Gasteiger partial charge is 0.352 e. The van der Waals surface area contributed by atoms with Crippen molar-refractivity contribution in [1.82, 2.24) is 25.6 Å². The first-order chi connectivity index (χ1) is 12.4. The minimum atomic E-state index is -0.350. The van der Waals surface area contributed by atoms with Crippen LogP contribution in [0.1, 0.15) is 17.0 Å². The van der Waals surface area contributed by atoms with Crippen molar-refractivity contribution in [3.05, 3.63) is 41.2 Å². The molecule has 0 fully saturated rings. The summed E-state index contributed by atoms with van der Waals surface area (Å²) >= 11 is 1.47. The third kappa shape index (κ3) is 3.99. The Labute approximate surface area is 154 Å².